The molecule has 0 aliphatic rings. The van der Waals surface area contributed by atoms with Gasteiger partial charge in [-0.2, -0.15) is 8.78 Å². The quantitative estimate of drug-likeness (QED) is 0.624. The Labute approximate surface area is 101 Å². The molecule has 0 radical (unpaired) electrons. The molecule has 0 atom stereocenters. The SMILES string of the molecule is O=C(c1ccccc1OC(F)(F)F)C(F)(F)C(F)F. The van der Waals surface area contributed by atoms with Crippen LogP contribution in [-0.4, -0.2) is 24.5 Å². The van der Waals surface area contributed by atoms with Crippen LogP contribution in [0, 0.1) is 0 Å². The zero-order valence-electron chi connectivity index (χ0n) is 8.85. The molecule has 0 aromatic heterocycles. The lowest BCUT2D eigenvalue weighted by Crippen LogP contribution is -2.37. The van der Waals surface area contributed by atoms with Gasteiger partial charge in [0.1, 0.15) is 5.75 Å². The van der Waals surface area contributed by atoms with Gasteiger partial charge in [-0.25, -0.2) is 8.78 Å². The van der Waals surface area contributed by atoms with E-state index in [0.29, 0.717) is 12.1 Å². The van der Waals surface area contributed by atoms with Crippen molar-refractivity contribution in [2.75, 3.05) is 0 Å². The summed E-state index contributed by atoms with van der Waals surface area (Å²) in [7, 11) is 0. The Morgan fingerprint density at radius 2 is 1.58 bits per heavy atom. The van der Waals surface area contributed by atoms with E-state index in [-0.39, 0.29) is 0 Å². The van der Waals surface area contributed by atoms with Crippen LogP contribution in [0.25, 0.3) is 0 Å². The van der Waals surface area contributed by atoms with Crippen LogP contribution >= 0.6 is 0 Å². The Balaban J connectivity index is 3.18. The Morgan fingerprint density at radius 3 is 2.05 bits per heavy atom. The summed E-state index contributed by atoms with van der Waals surface area (Å²) in [5.74, 6) is -8.80. The van der Waals surface area contributed by atoms with Crippen LogP contribution in [0.1, 0.15) is 10.4 Å². The van der Waals surface area contributed by atoms with Gasteiger partial charge in [0.05, 0.1) is 5.56 Å². The molecule has 9 heteroatoms. The maximum Gasteiger partial charge on any atom is 0.573 e. The Bertz CT molecular complexity index is 467. The maximum atomic E-state index is 12.8. The molecule has 0 fully saturated rings. The van der Waals surface area contributed by atoms with Gasteiger partial charge >= 0.3 is 18.7 Å². The van der Waals surface area contributed by atoms with Gasteiger partial charge in [0.2, 0.25) is 5.78 Å². The second-order valence-corrected chi connectivity index (χ2v) is 3.30. The molecule has 0 spiro atoms. The number of carbonyl (C=O) groups excluding carboxylic acids is 1. The van der Waals surface area contributed by atoms with Crippen LogP contribution in [0.4, 0.5) is 30.7 Å². The van der Waals surface area contributed by atoms with Crippen LogP contribution in [0.15, 0.2) is 24.3 Å². The zero-order valence-corrected chi connectivity index (χ0v) is 8.85. The lowest BCUT2D eigenvalue weighted by Gasteiger charge is -2.17. The molecule has 0 bridgehead atoms. The van der Waals surface area contributed by atoms with Crippen molar-refractivity contribution < 1.29 is 40.3 Å². The van der Waals surface area contributed by atoms with E-state index in [1.165, 1.54) is 0 Å². The number of ketones is 1. The zero-order chi connectivity index (χ0) is 14.8. The number of alkyl halides is 7. The van der Waals surface area contributed by atoms with E-state index in [1.54, 1.807) is 0 Å². The molecule has 0 aliphatic heterocycles. The highest BCUT2D eigenvalue weighted by Crippen LogP contribution is 2.33. The van der Waals surface area contributed by atoms with Crippen molar-refractivity contribution in [1.82, 2.24) is 0 Å². The first-order valence-corrected chi connectivity index (χ1v) is 4.61. The third kappa shape index (κ3) is 3.58. The van der Waals surface area contributed by atoms with Crippen molar-refractivity contribution in [3.8, 4) is 5.75 Å². The van der Waals surface area contributed by atoms with Crippen molar-refractivity contribution in [3.05, 3.63) is 29.8 Å². The first-order valence-electron chi connectivity index (χ1n) is 4.61. The molecule has 106 valence electrons. The molecule has 0 aliphatic carbocycles. The molecular formula is C10H5F7O2. The van der Waals surface area contributed by atoms with Gasteiger partial charge in [0, 0.05) is 0 Å². The standard InChI is InChI=1S/C10H5F7O2/c11-8(12)9(13,14)7(18)5-3-1-2-4-6(5)19-10(15,16)17/h1-4,8H. The molecule has 0 amide bonds. The topological polar surface area (TPSA) is 26.3 Å². The van der Waals surface area contributed by atoms with Gasteiger partial charge in [-0.05, 0) is 12.1 Å². The molecule has 0 saturated heterocycles. The van der Waals surface area contributed by atoms with Gasteiger partial charge in [-0.15, -0.1) is 13.2 Å². The van der Waals surface area contributed by atoms with Crippen molar-refractivity contribution in [3.63, 3.8) is 0 Å². The smallest absolute Gasteiger partial charge is 0.405 e. The van der Waals surface area contributed by atoms with Crippen LogP contribution in [0.2, 0.25) is 0 Å². The molecule has 0 heterocycles. The fourth-order valence-corrected chi connectivity index (χ4v) is 1.15. The maximum absolute atomic E-state index is 12.8. The number of halogens is 7. The van der Waals surface area contributed by atoms with Crippen molar-refractivity contribution in [1.29, 1.82) is 0 Å². The molecule has 19 heavy (non-hydrogen) atoms. The molecule has 0 saturated carbocycles. The minimum atomic E-state index is -5.24. The number of carbonyl (C=O) groups is 1. The van der Waals surface area contributed by atoms with Gasteiger partial charge < -0.3 is 4.74 Å². The molecule has 0 N–H and O–H groups in total. The summed E-state index contributed by atoms with van der Waals surface area (Å²) in [5.41, 5.74) is -1.27. The van der Waals surface area contributed by atoms with Crippen LogP contribution < -0.4 is 4.74 Å². The normalized spacial score (nSPS) is 12.6. The third-order valence-corrected chi connectivity index (χ3v) is 1.93. The van der Waals surface area contributed by atoms with Gasteiger partial charge in [-0.1, -0.05) is 12.1 Å². The first kappa shape index (κ1) is 15.3. The Morgan fingerprint density at radius 1 is 1.05 bits per heavy atom. The minimum absolute atomic E-state index is 0.541. The van der Waals surface area contributed by atoms with E-state index in [0.717, 1.165) is 12.1 Å². The highest BCUT2D eigenvalue weighted by Gasteiger charge is 2.50. The summed E-state index contributed by atoms with van der Waals surface area (Å²) in [4.78, 5) is 11.1. The second kappa shape index (κ2) is 5.06. The van der Waals surface area contributed by atoms with Crippen molar-refractivity contribution in [2.24, 2.45) is 0 Å². The molecular weight excluding hydrogens is 285 g/mol. The van der Waals surface area contributed by atoms with Gasteiger partial charge in [-0.3, -0.25) is 4.79 Å². The molecule has 2 nitrogen and oxygen atoms in total. The number of hydrogen-bond donors (Lipinski definition) is 0. The van der Waals surface area contributed by atoms with E-state index < -0.39 is 35.8 Å². The molecule has 1 aromatic carbocycles. The van der Waals surface area contributed by atoms with E-state index >= 15 is 0 Å². The number of Topliss-reactive ketones (excluding diaryl/α,β-unsaturated/α-hetero) is 1. The summed E-state index contributed by atoms with van der Waals surface area (Å²) < 4.78 is 88.8. The number of rotatable bonds is 4. The van der Waals surface area contributed by atoms with Gasteiger partial charge in [0.25, 0.3) is 0 Å². The monoisotopic (exact) mass is 290 g/mol. The van der Waals surface area contributed by atoms with Crippen LogP contribution in [0.5, 0.6) is 5.75 Å². The predicted octanol–water partition coefficient (Wildman–Crippen LogP) is 3.67. The molecule has 1 rings (SSSR count). The van der Waals surface area contributed by atoms with Gasteiger partial charge in [0.15, 0.2) is 0 Å². The third-order valence-electron chi connectivity index (χ3n) is 1.93. The van der Waals surface area contributed by atoms with E-state index in [1.807, 2.05) is 0 Å². The number of benzene rings is 1. The number of hydrogen-bond acceptors (Lipinski definition) is 2. The van der Waals surface area contributed by atoms with Crippen LogP contribution in [-0.2, 0) is 0 Å². The number of ether oxygens (including phenoxy) is 1. The summed E-state index contributed by atoms with van der Waals surface area (Å²) in [6, 6.07) is 3.03. The van der Waals surface area contributed by atoms with Crippen LogP contribution in [0.3, 0.4) is 0 Å². The summed E-state index contributed by atoms with van der Waals surface area (Å²) in [6.07, 6.45) is -9.57. The average molecular weight is 290 g/mol. The Kier molecular flexibility index (Phi) is 4.06. The molecule has 0 unspecified atom stereocenters. The van der Waals surface area contributed by atoms with Crippen molar-refractivity contribution >= 4 is 5.78 Å². The lowest BCUT2D eigenvalue weighted by molar-refractivity contribution is -0.274. The fourth-order valence-electron chi connectivity index (χ4n) is 1.15. The minimum Gasteiger partial charge on any atom is -0.405 e. The van der Waals surface area contributed by atoms with E-state index in [4.69, 9.17) is 0 Å². The Hall–Kier alpha value is -1.80. The summed E-state index contributed by atoms with van der Waals surface area (Å²) in [6.45, 7) is 0. The van der Waals surface area contributed by atoms with Crippen molar-refractivity contribution in [2.45, 2.75) is 18.7 Å². The molecule has 1 aromatic rings. The summed E-state index contributed by atoms with van der Waals surface area (Å²) in [5, 5.41) is 0. The average Bonchev–Trinajstić information content (AvgIpc) is 2.26. The summed E-state index contributed by atoms with van der Waals surface area (Å²) >= 11 is 0. The van der Waals surface area contributed by atoms with E-state index in [9.17, 15) is 35.5 Å². The highest BCUT2D eigenvalue weighted by molar-refractivity contribution is 6.03. The lowest BCUT2D eigenvalue weighted by atomic mass is 10.0. The number of para-hydroxylation sites is 1. The highest BCUT2D eigenvalue weighted by atomic mass is 19.4. The predicted molar refractivity (Wildman–Crippen MR) is 48.4 cm³/mol. The van der Waals surface area contributed by atoms with E-state index in [2.05, 4.69) is 4.74 Å². The largest absolute Gasteiger partial charge is 0.573 e. The first-order chi connectivity index (χ1) is 8.55. The fraction of sp³-hybridized carbons (Fsp3) is 0.300. The second-order valence-electron chi connectivity index (χ2n) is 3.30.